The van der Waals surface area contributed by atoms with E-state index in [4.69, 9.17) is 16.3 Å². The number of rotatable bonds is 3. The summed E-state index contributed by atoms with van der Waals surface area (Å²) >= 11 is 6.28. The maximum absolute atomic E-state index is 6.28. The van der Waals surface area contributed by atoms with E-state index in [1.165, 1.54) is 0 Å². The van der Waals surface area contributed by atoms with Crippen molar-refractivity contribution in [3.63, 3.8) is 0 Å². The van der Waals surface area contributed by atoms with E-state index in [0.29, 0.717) is 16.9 Å². The van der Waals surface area contributed by atoms with Crippen LogP contribution in [0, 0.1) is 6.92 Å². The SMILES string of the molecule is COc1ccccc1-c1nc(C)c(C(C)C)c(Cl)n1. The van der Waals surface area contributed by atoms with Gasteiger partial charge in [-0.2, -0.15) is 0 Å². The van der Waals surface area contributed by atoms with Crippen LogP contribution in [0.2, 0.25) is 5.15 Å². The minimum absolute atomic E-state index is 0.305. The highest BCUT2D eigenvalue weighted by Gasteiger charge is 2.15. The molecule has 19 heavy (non-hydrogen) atoms. The van der Waals surface area contributed by atoms with Crippen molar-refractivity contribution >= 4 is 11.6 Å². The topological polar surface area (TPSA) is 35.0 Å². The Bertz CT molecular complexity index is 573. The average molecular weight is 277 g/mol. The monoisotopic (exact) mass is 276 g/mol. The maximum Gasteiger partial charge on any atom is 0.164 e. The number of methoxy groups -OCH3 is 1. The van der Waals surface area contributed by atoms with E-state index >= 15 is 0 Å². The van der Waals surface area contributed by atoms with E-state index in [1.54, 1.807) is 7.11 Å². The number of aromatic nitrogens is 2. The molecule has 0 spiro atoms. The molecule has 0 aliphatic rings. The Hall–Kier alpha value is -1.61. The normalized spacial score (nSPS) is 10.8. The lowest BCUT2D eigenvalue weighted by molar-refractivity contribution is 0.416. The van der Waals surface area contributed by atoms with Crippen LogP contribution in [0.3, 0.4) is 0 Å². The molecule has 1 aromatic heterocycles. The lowest BCUT2D eigenvalue weighted by Gasteiger charge is -2.13. The second kappa shape index (κ2) is 5.57. The first kappa shape index (κ1) is 13.8. The van der Waals surface area contributed by atoms with Gasteiger partial charge in [-0.3, -0.25) is 0 Å². The Balaban J connectivity index is 2.59. The summed E-state index contributed by atoms with van der Waals surface area (Å²) in [6.07, 6.45) is 0. The predicted molar refractivity (Wildman–Crippen MR) is 77.9 cm³/mol. The van der Waals surface area contributed by atoms with Crippen LogP contribution in [0.25, 0.3) is 11.4 Å². The molecule has 0 saturated carbocycles. The van der Waals surface area contributed by atoms with Crippen molar-refractivity contribution in [1.29, 1.82) is 0 Å². The van der Waals surface area contributed by atoms with Crippen molar-refractivity contribution in [1.82, 2.24) is 9.97 Å². The number of nitrogens with zero attached hydrogens (tertiary/aromatic N) is 2. The molecule has 1 aromatic carbocycles. The first-order chi connectivity index (χ1) is 9.04. The van der Waals surface area contributed by atoms with Gasteiger partial charge in [-0.15, -0.1) is 0 Å². The summed E-state index contributed by atoms with van der Waals surface area (Å²) in [6, 6.07) is 7.66. The third-order valence-electron chi connectivity index (χ3n) is 3.01. The average Bonchev–Trinajstić information content (AvgIpc) is 2.37. The van der Waals surface area contributed by atoms with Crippen LogP contribution in [0.1, 0.15) is 31.0 Å². The Labute approximate surface area is 118 Å². The Morgan fingerprint density at radius 1 is 1.16 bits per heavy atom. The number of para-hydroxylation sites is 1. The summed E-state index contributed by atoms with van der Waals surface area (Å²) in [4.78, 5) is 8.97. The van der Waals surface area contributed by atoms with Gasteiger partial charge in [-0.05, 0) is 25.0 Å². The highest BCUT2D eigenvalue weighted by Crippen LogP contribution is 2.31. The molecule has 1 heterocycles. The molecule has 0 amide bonds. The second-order valence-electron chi connectivity index (χ2n) is 4.69. The molecule has 2 rings (SSSR count). The predicted octanol–water partition coefficient (Wildman–Crippen LogP) is 4.24. The zero-order valence-corrected chi connectivity index (χ0v) is 12.3. The van der Waals surface area contributed by atoms with Gasteiger partial charge >= 0.3 is 0 Å². The summed E-state index contributed by atoms with van der Waals surface area (Å²) in [6.45, 7) is 6.13. The molecule has 0 aliphatic heterocycles. The van der Waals surface area contributed by atoms with Crippen LogP contribution in [0.15, 0.2) is 24.3 Å². The molecule has 0 fully saturated rings. The molecule has 0 unspecified atom stereocenters. The first-order valence-electron chi connectivity index (χ1n) is 6.22. The van der Waals surface area contributed by atoms with Gasteiger partial charge in [0, 0.05) is 11.3 Å². The molecule has 0 radical (unpaired) electrons. The molecule has 0 saturated heterocycles. The van der Waals surface area contributed by atoms with Crippen molar-refractivity contribution in [3.05, 3.63) is 40.7 Å². The number of ether oxygens (including phenoxy) is 1. The van der Waals surface area contributed by atoms with Gasteiger partial charge in [0.2, 0.25) is 0 Å². The highest BCUT2D eigenvalue weighted by molar-refractivity contribution is 6.30. The minimum atomic E-state index is 0.305. The Morgan fingerprint density at radius 2 is 1.84 bits per heavy atom. The fourth-order valence-corrected chi connectivity index (χ4v) is 2.59. The van der Waals surface area contributed by atoms with E-state index in [0.717, 1.165) is 22.6 Å². The Kier molecular flexibility index (Phi) is 4.05. The van der Waals surface area contributed by atoms with E-state index < -0.39 is 0 Å². The van der Waals surface area contributed by atoms with Gasteiger partial charge in [0.05, 0.1) is 12.7 Å². The van der Waals surface area contributed by atoms with Crippen molar-refractivity contribution in [2.45, 2.75) is 26.7 Å². The summed E-state index contributed by atoms with van der Waals surface area (Å²) in [5.74, 6) is 1.65. The van der Waals surface area contributed by atoms with Crippen LogP contribution in [-0.2, 0) is 0 Å². The lowest BCUT2D eigenvalue weighted by atomic mass is 10.0. The van der Waals surface area contributed by atoms with Gasteiger partial charge < -0.3 is 4.74 Å². The molecular formula is C15H17ClN2O. The first-order valence-corrected chi connectivity index (χ1v) is 6.59. The number of aryl methyl sites for hydroxylation is 1. The fourth-order valence-electron chi connectivity index (χ4n) is 2.15. The van der Waals surface area contributed by atoms with Crippen LogP contribution in [0.5, 0.6) is 5.75 Å². The van der Waals surface area contributed by atoms with Crippen molar-refractivity contribution in [2.75, 3.05) is 7.11 Å². The maximum atomic E-state index is 6.28. The lowest BCUT2D eigenvalue weighted by Crippen LogP contribution is -2.02. The summed E-state index contributed by atoms with van der Waals surface area (Å²) < 4.78 is 5.33. The van der Waals surface area contributed by atoms with E-state index in [1.807, 2.05) is 31.2 Å². The molecule has 4 heteroatoms. The highest BCUT2D eigenvalue weighted by atomic mass is 35.5. The molecule has 0 atom stereocenters. The number of hydrogen-bond donors (Lipinski definition) is 0. The van der Waals surface area contributed by atoms with Crippen LogP contribution in [0.4, 0.5) is 0 Å². The molecule has 0 bridgehead atoms. The molecule has 2 aromatic rings. The molecule has 0 N–H and O–H groups in total. The van der Waals surface area contributed by atoms with Gasteiger partial charge in [-0.1, -0.05) is 37.6 Å². The zero-order valence-electron chi connectivity index (χ0n) is 11.6. The van der Waals surface area contributed by atoms with Gasteiger partial charge in [0.25, 0.3) is 0 Å². The van der Waals surface area contributed by atoms with Crippen LogP contribution in [-0.4, -0.2) is 17.1 Å². The van der Waals surface area contributed by atoms with E-state index in [-0.39, 0.29) is 0 Å². The second-order valence-corrected chi connectivity index (χ2v) is 5.05. The molecule has 100 valence electrons. The smallest absolute Gasteiger partial charge is 0.164 e. The number of benzene rings is 1. The summed E-state index contributed by atoms with van der Waals surface area (Å²) in [5.41, 5.74) is 2.77. The van der Waals surface area contributed by atoms with Crippen molar-refractivity contribution in [3.8, 4) is 17.1 Å². The third-order valence-corrected chi connectivity index (χ3v) is 3.30. The molecule has 3 nitrogen and oxygen atoms in total. The number of halogens is 1. The molecular weight excluding hydrogens is 260 g/mol. The summed E-state index contributed by atoms with van der Waals surface area (Å²) in [5, 5.41) is 0.517. The van der Waals surface area contributed by atoms with Gasteiger partial charge in [0.15, 0.2) is 5.82 Å². The fraction of sp³-hybridized carbons (Fsp3) is 0.333. The minimum Gasteiger partial charge on any atom is -0.496 e. The molecule has 0 aliphatic carbocycles. The van der Waals surface area contributed by atoms with E-state index in [9.17, 15) is 0 Å². The Morgan fingerprint density at radius 3 is 2.42 bits per heavy atom. The van der Waals surface area contributed by atoms with Crippen LogP contribution >= 0.6 is 11.6 Å². The van der Waals surface area contributed by atoms with Crippen LogP contribution < -0.4 is 4.74 Å². The van der Waals surface area contributed by atoms with Gasteiger partial charge in [0.1, 0.15) is 10.9 Å². The summed E-state index contributed by atoms with van der Waals surface area (Å²) in [7, 11) is 1.63. The standard InChI is InChI=1S/C15H17ClN2O/c1-9(2)13-10(3)17-15(18-14(13)16)11-7-5-6-8-12(11)19-4/h5-9H,1-4H3. The zero-order chi connectivity index (χ0) is 14.0. The van der Waals surface area contributed by atoms with E-state index in [2.05, 4.69) is 23.8 Å². The van der Waals surface area contributed by atoms with Crippen molar-refractivity contribution < 1.29 is 4.74 Å². The third kappa shape index (κ3) is 2.71. The van der Waals surface area contributed by atoms with Gasteiger partial charge in [-0.25, -0.2) is 9.97 Å². The quantitative estimate of drug-likeness (QED) is 0.787. The largest absolute Gasteiger partial charge is 0.496 e. The van der Waals surface area contributed by atoms with Crippen molar-refractivity contribution in [2.24, 2.45) is 0 Å². The number of hydrogen-bond acceptors (Lipinski definition) is 3.